The van der Waals surface area contributed by atoms with Gasteiger partial charge in [-0.2, -0.15) is 0 Å². The molecule has 1 heterocycles. The highest BCUT2D eigenvalue weighted by Crippen LogP contribution is 2.59. The molecule has 1 aliphatic carbocycles. The second-order valence-electron chi connectivity index (χ2n) is 4.71. The van der Waals surface area contributed by atoms with Crippen LogP contribution in [0.1, 0.15) is 39.4 Å². The van der Waals surface area contributed by atoms with E-state index in [0.717, 1.165) is 5.76 Å². The van der Waals surface area contributed by atoms with E-state index in [1.165, 1.54) is 12.8 Å². The Balaban J connectivity index is 2.35. The summed E-state index contributed by atoms with van der Waals surface area (Å²) < 4.78 is 5.24. The molecule has 0 spiro atoms. The summed E-state index contributed by atoms with van der Waals surface area (Å²) in [6.45, 7) is 6.80. The van der Waals surface area contributed by atoms with Crippen molar-refractivity contribution in [2.45, 2.75) is 39.0 Å². The van der Waals surface area contributed by atoms with Crippen molar-refractivity contribution in [1.29, 1.82) is 0 Å². The molecule has 0 bridgehead atoms. The molecule has 0 aromatic carbocycles. The van der Waals surface area contributed by atoms with Gasteiger partial charge < -0.3 is 4.52 Å². The minimum atomic E-state index is 0.281. The summed E-state index contributed by atoms with van der Waals surface area (Å²) in [5.41, 5.74) is 0.579. The van der Waals surface area contributed by atoms with Gasteiger partial charge in [0.1, 0.15) is 5.76 Å². The van der Waals surface area contributed by atoms with Crippen molar-refractivity contribution >= 4 is 0 Å². The van der Waals surface area contributed by atoms with Crippen molar-refractivity contribution in [1.82, 2.24) is 5.16 Å². The molecule has 0 unspecified atom stereocenters. The number of hydrogen-bond acceptors (Lipinski definition) is 2. The molecule has 0 radical (unpaired) electrons. The van der Waals surface area contributed by atoms with Crippen LogP contribution in [0.25, 0.3) is 0 Å². The normalized spacial score (nSPS) is 20.9. The van der Waals surface area contributed by atoms with E-state index in [0.29, 0.717) is 5.41 Å². The van der Waals surface area contributed by atoms with Crippen molar-refractivity contribution in [2.24, 2.45) is 5.41 Å². The summed E-state index contributed by atoms with van der Waals surface area (Å²) in [7, 11) is 0. The first-order valence-corrected chi connectivity index (χ1v) is 4.47. The summed E-state index contributed by atoms with van der Waals surface area (Å²) in [6, 6.07) is 2.00. The largest absolute Gasteiger partial charge is 0.361 e. The smallest absolute Gasteiger partial charge is 0.143 e. The molecular weight excluding hydrogens is 150 g/mol. The molecule has 1 fully saturated rings. The molecule has 1 aromatic rings. The van der Waals surface area contributed by atoms with Gasteiger partial charge in [-0.15, -0.1) is 0 Å². The van der Waals surface area contributed by atoms with Crippen LogP contribution in [0.2, 0.25) is 0 Å². The van der Waals surface area contributed by atoms with Gasteiger partial charge in [0.05, 0.1) is 6.20 Å². The van der Waals surface area contributed by atoms with Gasteiger partial charge in [0.2, 0.25) is 0 Å². The van der Waals surface area contributed by atoms with E-state index in [1.807, 2.05) is 6.07 Å². The summed E-state index contributed by atoms with van der Waals surface area (Å²) in [4.78, 5) is 0. The lowest BCUT2D eigenvalue weighted by atomic mass is 9.76. The lowest BCUT2D eigenvalue weighted by Gasteiger charge is -2.28. The van der Waals surface area contributed by atoms with Gasteiger partial charge in [0.25, 0.3) is 0 Å². The van der Waals surface area contributed by atoms with E-state index in [-0.39, 0.29) is 5.41 Å². The molecule has 2 nitrogen and oxygen atoms in total. The quantitative estimate of drug-likeness (QED) is 0.639. The maximum Gasteiger partial charge on any atom is 0.143 e. The molecule has 0 saturated heterocycles. The van der Waals surface area contributed by atoms with Gasteiger partial charge >= 0.3 is 0 Å². The molecule has 0 N–H and O–H groups in total. The van der Waals surface area contributed by atoms with Crippen LogP contribution in [0.3, 0.4) is 0 Å². The fourth-order valence-electron chi connectivity index (χ4n) is 1.95. The minimum Gasteiger partial charge on any atom is -0.361 e. The van der Waals surface area contributed by atoms with Gasteiger partial charge in [-0.25, -0.2) is 0 Å². The maximum atomic E-state index is 5.24. The monoisotopic (exact) mass is 165 g/mol. The van der Waals surface area contributed by atoms with Crippen LogP contribution in [0, 0.1) is 5.41 Å². The number of aromatic nitrogens is 1. The second kappa shape index (κ2) is 2.12. The molecule has 0 amide bonds. The zero-order valence-electron chi connectivity index (χ0n) is 7.92. The minimum absolute atomic E-state index is 0.281. The molecule has 0 atom stereocenters. The van der Waals surface area contributed by atoms with Crippen LogP contribution in [-0.4, -0.2) is 5.16 Å². The maximum absolute atomic E-state index is 5.24. The topological polar surface area (TPSA) is 26.0 Å². The third-order valence-electron chi connectivity index (χ3n) is 3.10. The highest BCUT2D eigenvalue weighted by Gasteiger charge is 2.55. The average molecular weight is 165 g/mol. The van der Waals surface area contributed by atoms with E-state index < -0.39 is 0 Å². The first-order chi connectivity index (χ1) is 5.56. The van der Waals surface area contributed by atoms with Crippen LogP contribution < -0.4 is 0 Å². The molecule has 12 heavy (non-hydrogen) atoms. The van der Waals surface area contributed by atoms with Gasteiger partial charge in [0, 0.05) is 11.5 Å². The first kappa shape index (κ1) is 7.84. The zero-order valence-corrected chi connectivity index (χ0v) is 7.92. The molecule has 1 aromatic heterocycles. The van der Waals surface area contributed by atoms with Crippen molar-refractivity contribution in [3.05, 3.63) is 18.0 Å². The summed E-state index contributed by atoms with van der Waals surface area (Å²) in [5.74, 6) is 1.06. The van der Waals surface area contributed by atoms with E-state index in [2.05, 4.69) is 25.9 Å². The zero-order chi connectivity index (χ0) is 8.82. The molecule has 66 valence electrons. The van der Waals surface area contributed by atoms with Crippen molar-refractivity contribution in [3.8, 4) is 0 Å². The molecule has 0 aliphatic heterocycles. The number of hydrogen-bond donors (Lipinski definition) is 0. The summed E-state index contributed by atoms with van der Waals surface area (Å²) >= 11 is 0. The molecular formula is C10H15NO. The van der Waals surface area contributed by atoms with E-state index in [9.17, 15) is 0 Å². The number of rotatable bonds is 1. The van der Waals surface area contributed by atoms with Gasteiger partial charge in [-0.05, 0) is 18.3 Å². The lowest BCUT2D eigenvalue weighted by molar-refractivity contribution is 0.236. The van der Waals surface area contributed by atoms with Crippen LogP contribution in [0.5, 0.6) is 0 Å². The molecule has 1 saturated carbocycles. The standard InChI is InChI=1S/C10H15NO/c1-9(2,3)10(5-6-10)8-4-7-11-12-8/h4,7H,5-6H2,1-3H3. The molecule has 1 aliphatic rings. The van der Waals surface area contributed by atoms with Crippen LogP contribution in [0.15, 0.2) is 16.8 Å². The fourth-order valence-corrected chi connectivity index (χ4v) is 1.95. The third-order valence-corrected chi connectivity index (χ3v) is 3.10. The fraction of sp³-hybridized carbons (Fsp3) is 0.700. The average Bonchev–Trinajstić information content (AvgIpc) is 2.61. The Hall–Kier alpha value is -0.790. The van der Waals surface area contributed by atoms with E-state index >= 15 is 0 Å². The molecule has 2 heteroatoms. The van der Waals surface area contributed by atoms with Crippen molar-refractivity contribution in [2.75, 3.05) is 0 Å². The Labute approximate surface area is 72.9 Å². The van der Waals surface area contributed by atoms with Gasteiger partial charge in [-0.3, -0.25) is 0 Å². The van der Waals surface area contributed by atoms with Gasteiger partial charge in [-0.1, -0.05) is 25.9 Å². The number of nitrogens with zero attached hydrogens (tertiary/aromatic N) is 1. The van der Waals surface area contributed by atoms with E-state index in [4.69, 9.17) is 4.52 Å². The predicted molar refractivity (Wildman–Crippen MR) is 46.9 cm³/mol. The summed E-state index contributed by atoms with van der Waals surface area (Å²) in [5, 5.41) is 3.77. The Morgan fingerprint density at radius 3 is 2.42 bits per heavy atom. The van der Waals surface area contributed by atoms with E-state index in [1.54, 1.807) is 6.20 Å². The van der Waals surface area contributed by atoms with Crippen molar-refractivity contribution < 1.29 is 4.52 Å². The SMILES string of the molecule is CC(C)(C)C1(c2ccno2)CC1. The Morgan fingerprint density at radius 1 is 1.42 bits per heavy atom. The highest BCUT2D eigenvalue weighted by molar-refractivity contribution is 5.24. The Bertz CT molecular complexity index is 265. The van der Waals surface area contributed by atoms with Crippen LogP contribution in [0.4, 0.5) is 0 Å². The van der Waals surface area contributed by atoms with Crippen molar-refractivity contribution in [3.63, 3.8) is 0 Å². The second-order valence-corrected chi connectivity index (χ2v) is 4.71. The predicted octanol–water partition coefficient (Wildman–Crippen LogP) is 2.75. The molecule has 2 rings (SSSR count). The van der Waals surface area contributed by atoms with Crippen LogP contribution in [-0.2, 0) is 5.41 Å². The first-order valence-electron chi connectivity index (χ1n) is 4.47. The third kappa shape index (κ3) is 0.904. The Morgan fingerprint density at radius 2 is 2.08 bits per heavy atom. The van der Waals surface area contributed by atoms with Gasteiger partial charge in [0.15, 0.2) is 0 Å². The highest BCUT2D eigenvalue weighted by atomic mass is 16.5. The van der Waals surface area contributed by atoms with Crippen LogP contribution >= 0.6 is 0 Å². The summed E-state index contributed by atoms with van der Waals surface area (Å²) in [6.07, 6.45) is 4.22. The Kier molecular flexibility index (Phi) is 1.39. The lowest BCUT2D eigenvalue weighted by Crippen LogP contribution is -2.25.